The van der Waals surface area contributed by atoms with Crippen molar-refractivity contribution in [3.05, 3.63) is 82.2 Å². The van der Waals surface area contributed by atoms with Gasteiger partial charge in [0.1, 0.15) is 0 Å². The van der Waals surface area contributed by atoms with Crippen molar-refractivity contribution >= 4 is 52.0 Å². The van der Waals surface area contributed by atoms with Gasteiger partial charge in [0.25, 0.3) is 0 Å². The molecule has 0 spiro atoms. The fraction of sp³-hybridized carbons (Fsp3) is 0.400. The molecule has 0 radical (unpaired) electrons. The van der Waals surface area contributed by atoms with Gasteiger partial charge in [-0.25, -0.2) is 0 Å². The van der Waals surface area contributed by atoms with Gasteiger partial charge in [0.05, 0.1) is 35.2 Å². The molecule has 0 aliphatic carbocycles. The Hall–Kier alpha value is -1.46. The minimum absolute atomic E-state index is 0.429. The van der Waals surface area contributed by atoms with Crippen LogP contribution in [0.25, 0.3) is 0 Å². The summed E-state index contributed by atoms with van der Waals surface area (Å²) in [4.78, 5) is 13.3. The first-order valence-corrected chi connectivity index (χ1v) is 17.9. The average molecular weight is 657 g/mol. The van der Waals surface area contributed by atoms with Crippen LogP contribution in [-0.2, 0) is 11.3 Å². The maximum atomic E-state index is 4.92. The number of nitrogens with one attached hydrogen (secondary N) is 1. The molecule has 0 unspecified atom stereocenters. The standard InChI is InChI=1S/C30H39N3.2BrH.Fe/c1-19(2)25-11-9-12-26(20(3)4)29(25)31-17-23-15-16-24(33-23)18-32-30-27(21(5)6)13-10-14-28(30)22(7)8;;;/h9-22,33H,1-8H3;2*1H;/q;;;+2/p-2. The molecule has 0 amide bonds. The number of aromatic amines is 1. The van der Waals surface area contributed by atoms with Gasteiger partial charge >= 0.3 is 39.6 Å². The Bertz CT molecular complexity index is 1020. The number of H-pyrrole nitrogens is 1. The Labute approximate surface area is 238 Å². The number of halogens is 2. The van der Waals surface area contributed by atoms with Gasteiger partial charge < -0.3 is 4.98 Å². The van der Waals surface area contributed by atoms with Crippen molar-refractivity contribution in [3.8, 4) is 0 Å². The third kappa shape index (κ3) is 8.55. The topological polar surface area (TPSA) is 40.5 Å². The number of aromatic nitrogens is 1. The van der Waals surface area contributed by atoms with E-state index in [9.17, 15) is 0 Å². The zero-order valence-electron chi connectivity index (χ0n) is 22.6. The normalized spacial score (nSPS) is 12.1. The molecular weight excluding hydrogens is 618 g/mol. The van der Waals surface area contributed by atoms with E-state index in [1.54, 1.807) is 0 Å². The molecule has 36 heavy (non-hydrogen) atoms. The summed E-state index contributed by atoms with van der Waals surface area (Å²) in [6.45, 7) is 17.8. The Morgan fingerprint density at radius 2 is 0.861 bits per heavy atom. The summed E-state index contributed by atoms with van der Waals surface area (Å²) in [5, 5.41) is 0. The average Bonchev–Trinajstić information content (AvgIpc) is 3.28. The van der Waals surface area contributed by atoms with Crippen LogP contribution in [0.15, 0.2) is 58.5 Å². The van der Waals surface area contributed by atoms with Crippen molar-refractivity contribution in [1.82, 2.24) is 4.98 Å². The molecule has 1 aromatic heterocycles. The predicted molar refractivity (Wildman–Crippen MR) is 162 cm³/mol. The van der Waals surface area contributed by atoms with Crippen LogP contribution in [0.2, 0.25) is 0 Å². The molecule has 0 aliphatic rings. The summed E-state index contributed by atoms with van der Waals surface area (Å²) in [5.41, 5.74) is 9.31. The van der Waals surface area contributed by atoms with Crippen molar-refractivity contribution in [3.63, 3.8) is 0 Å². The predicted octanol–water partition coefficient (Wildman–Crippen LogP) is 10.7. The summed E-state index contributed by atoms with van der Waals surface area (Å²) >= 11 is 7.00. The van der Waals surface area contributed by atoms with Gasteiger partial charge in [-0.3, -0.25) is 9.98 Å². The number of aliphatic imine (C=N–C) groups is 2. The van der Waals surface area contributed by atoms with Crippen LogP contribution in [0.4, 0.5) is 11.4 Å². The third-order valence-corrected chi connectivity index (χ3v) is 6.08. The summed E-state index contributed by atoms with van der Waals surface area (Å²) < 4.78 is 0. The van der Waals surface area contributed by atoms with Crippen LogP contribution >= 0.6 is 28.2 Å². The summed E-state index contributed by atoms with van der Waals surface area (Å²) in [5.74, 6) is 1.72. The van der Waals surface area contributed by atoms with E-state index in [1.807, 2.05) is 12.4 Å². The Morgan fingerprint density at radius 3 is 1.11 bits per heavy atom. The van der Waals surface area contributed by atoms with Gasteiger partial charge in [-0.2, -0.15) is 0 Å². The Morgan fingerprint density at radius 1 is 0.583 bits per heavy atom. The van der Waals surface area contributed by atoms with Crippen LogP contribution in [-0.4, -0.2) is 17.4 Å². The van der Waals surface area contributed by atoms with E-state index in [4.69, 9.17) is 9.98 Å². The molecule has 3 nitrogen and oxygen atoms in total. The fourth-order valence-corrected chi connectivity index (χ4v) is 4.17. The molecule has 3 aromatic rings. The van der Waals surface area contributed by atoms with Crippen molar-refractivity contribution in [2.75, 3.05) is 0 Å². The molecule has 0 saturated carbocycles. The fourth-order valence-electron chi connectivity index (χ4n) is 4.17. The number of hydrogen-bond acceptors (Lipinski definition) is 2. The summed E-state index contributed by atoms with van der Waals surface area (Å²) in [7, 11) is 0. The van der Waals surface area contributed by atoms with Crippen molar-refractivity contribution in [2.45, 2.75) is 79.1 Å². The first kappa shape index (κ1) is 30.8. The first-order chi connectivity index (χ1) is 17.1. The molecule has 0 saturated heterocycles. The van der Waals surface area contributed by atoms with E-state index >= 15 is 0 Å². The number of benzene rings is 2. The van der Waals surface area contributed by atoms with Gasteiger partial charge in [0.15, 0.2) is 0 Å². The first-order valence-electron chi connectivity index (χ1n) is 12.5. The molecule has 0 atom stereocenters. The Kier molecular flexibility index (Phi) is 12.9. The SMILES string of the molecule is CC(C)c1cccc(C(C)C)c1N=Cc1ccc(C=Nc2c(C(C)C)cccc2C(C)C)[nH]1.[Br][Fe][Br]. The monoisotopic (exact) mass is 655 g/mol. The molecule has 0 aliphatic heterocycles. The zero-order chi connectivity index (χ0) is 26.8. The molecular formula is C30H39Br2FeN3. The van der Waals surface area contributed by atoms with Crippen molar-refractivity contribution < 1.29 is 11.3 Å². The minimum atomic E-state index is 0.429. The van der Waals surface area contributed by atoms with E-state index in [0.29, 0.717) is 23.7 Å². The maximum absolute atomic E-state index is 4.92. The molecule has 0 fully saturated rings. The quantitative estimate of drug-likeness (QED) is 0.185. The summed E-state index contributed by atoms with van der Waals surface area (Å²) in [6, 6.07) is 17.2. The number of para-hydroxylation sites is 2. The van der Waals surface area contributed by atoms with Crippen LogP contribution in [0, 0.1) is 0 Å². The molecule has 196 valence electrons. The Balaban J connectivity index is 0.00000145. The van der Waals surface area contributed by atoms with Crippen LogP contribution in [0.5, 0.6) is 0 Å². The van der Waals surface area contributed by atoms with E-state index < -0.39 is 0 Å². The van der Waals surface area contributed by atoms with Crippen molar-refractivity contribution in [1.29, 1.82) is 0 Å². The van der Waals surface area contributed by atoms with Gasteiger partial charge in [-0.05, 0) is 58.1 Å². The zero-order valence-corrected chi connectivity index (χ0v) is 26.9. The van der Waals surface area contributed by atoms with Gasteiger partial charge in [0, 0.05) is 0 Å². The van der Waals surface area contributed by atoms with E-state index in [1.165, 1.54) is 22.3 Å². The number of nitrogens with zero attached hydrogens (tertiary/aromatic N) is 2. The van der Waals surface area contributed by atoms with Gasteiger partial charge in [0.2, 0.25) is 0 Å². The second-order valence-electron chi connectivity index (χ2n) is 10.1. The molecule has 6 heteroatoms. The number of hydrogen-bond donors (Lipinski definition) is 1. The third-order valence-electron chi connectivity index (χ3n) is 6.08. The van der Waals surface area contributed by atoms with E-state index in [0.717, 1.165) is 34.1 Å². The molecule has 1 N–H and O–H groups in total. The van der Waals surface area contributed by atoms with Crippen molar-refractivity contribution in [2.24, 2.45) is 9.98 Å². The van der Waals surface area contributed by atoms with Gasteiger partial charge in [-0.15, -0.1) is 0 Å². The van der Waals surface area contributed by atoms with Crippen LogP contribution < -0.4 is 0 Å². The molecule has 3 rings (SSSR count). The second kappa shape index (κ2) is 15.1. The molecule has 2 aromatic carbocycles. The molecule has 0 bridgehead atoms. The van der Waals surface area contributed by atoms with E-state index in [2.05, 4.69) is 137 Å². The van der Waals surface area contributed by atoms with Gasteiger partial charge in [-0.1, -0.05) is 91.8 Å². The van der Waals surface area contributed by atoms with Crippen LogP contribution in [0.3, 0.4) is 0 Å². The second-order valence-corrected chi connectivity index (χ2v) is 15.7. The number of rotatable bonds is 8. The van der Waals surface area contributed by atoms with E-state index in [-0.39, 0.29) is 0 Å². The summed E-state index contributed by atoms with van der Waals surface area (Å²) in [6.07, 6.45) is 3.87. The van der Waals surface area contributed by atoms with Crippen LogP contribution in [0.1, 0.15) is 113 Å². The molecule has 1 heterocycles.